The molecule has 222 valence electrons. The Hall–Kier alpha value is -5.73. The molecule has 0 aliphatic heterocycles. The number of hydrogen-bond donors (Lipinski definition) is 0. The van der Waals surface area contributed by atoms with Crippen molar-refractivity contribution in [1.82, 2.24) is 4.98 Å². The summed E-state index contributed by atoms with van der Waals surface area (Å²) in [5.41, 5.74) is 18.9. The first-order chi connectivity index (χ1) is 23.1. The summed E-state index contributed by atoms with van der Waals surface area (Å²) in [6.45, 7) is 4.70. The zero-order valence-corrected chi connectivity index (χ0v) is 26.4. The molecule has 47 heavy (non-hydrogen) atoms. The van der Waals surface area contributed by atoms with Crippen LogP contribution in [0.1, 0.15) is 47.2 Å². The second-order valence-corrected chi connectivity index (χ2v) is 13.6. The monoisotopic (exact) mass is 600 g/mol. The molecule has 0 N–H and O–H groups in total. The van der Waals surface area contributed by atoms with Gasteiger partial charge in [-0.15, -0.1) is 0 Å². The van der Waals surface area contributed by atoms with Crippen molar-refractivity contribution in [3.8, 4) is 33.4 Å². The number of hydrogen-bond acceptors (Lipinski definition) is 2. The molecule has 3 aliphatic rings. The highest BCUT2D eigenvalue weighted by Gasteiger charge is 2.51. The van der Waals surface area contributed by atoms with Crippen LogP contribution in [0.3, 0.4) is 0 Å². The van der Waals surface area contributed by atoms with Gasteiger partial charge in [-0.05, 0) is 103 Å². The second-order valence-electron chi connectivity index (χ2n) is 13.6. The van der Waals surface area contributed by atoms with Crippen LogP contribution in [-0.4, -0.2) is 4.98 Å². The number of anilines is 3. The van der Waals surface area contributed by atoms with Gasteiger partial charge in [0.2, 0.25) is 0 Å². The molecule has 3 aliphatic carbocycles. The summed E-state index contributed by atoms with van der Waals surface area (Å²) in [7, 11) is 0. The third kappa shape index (κ3) is 3.37. The standard InChI is InChI=1S/C45H32N2/c1-44(2)38-17-7-3-13-32(38)36-23-21-29(26-42(36)44)47(31-12-11-25-46-28-31)30-22-24-37-35-16-6-10-20-41(35)45(43(37)27-30)39-18-8-4-14-33(39)34-15-5-9-19-40(34)45/h3-28H,1-2H3. The van der Waals surface area contributed by atoms with E-state index in [9.17, 15) is 0 Å². The predicted molar refractivity (Wildman–Crippen MR) is 193 cm³/mol. The van der Waals surface area contributed by atoms with E-state index < -0.39 is 5.41 Å². The fourth-order valence-electron chi connectivity index (χ4n) is 8.99. The number of pyridine rings is 1. The average Bonchev–Trinajstić information content (AvgIpc) is 3.68. The van der Waals surface area contributed by atoms with Crippen LogP contribution >= 0.6 is 0 Å². The van der Waals surface area contributed by atoms with Crippen molar-refractivity contribution >= 4 is 17.1 Å². The van der Waals surface area contributed by atoms with E-state index in [1.165, 1.54) is 66.8 Å². The molecule has 7 aromatic rings. The van der Waals surface area contributed by atoms with Crippen molar-refractivity contribution in [2.24, 2.45) is 0 Å². The molecular weight excluding hydrogens is 569 g/mol. The Labute approximate surface area is 275 Å². The zero-order valence-electron chi connectivity index (χ0n) is 26.4. The molecule has 1 heterocycles. The first-order valence-corrected chi connectivity index (χ1v) is 16.5. The topological polar surface area (TPSA) is 16.1 Å². The summed E-state index contributed by atoms with van der Waals surface area (Å²) in [5, 5.41) is 0. The highest BCUT2D eigenvalue weighted by Crippen LogP contribution is 2.63. The molecule has 1 spiro atoms. The molecule has 6 aromatic carbocycles. The van der Waals surface area contributed by atoms with E-state index in [4.69, 9.17) is 0 Å². The van der Waals surface area contributed by atoms with Crippen LogP contribution in [0.25, 0.3) is 33.4 Å². The van der Waals surface area contributed by atoms with E-state index in [1.807, 2.05) is 18.5 Å². The lowest BCUT2D eigenvalue weighted by molar-refractivity contribution is 0.660. The van der Waals surface area contributed by atoms with E-state index in [0.29, 0.717) is 0 Å². The van der Waals surface area contributed by atoms with Gasteiger partial charge in [-0.3, -0.25) is 4.98 Å². The van der Waals surface area contributed by atoms with E-state index in [2.05, 4.69) is 163 Å². The quantitative estimate of drug-likeness (QED) is 0.201. The van der Waals surface area contributed by atoms with Crippen LogP contribution in [-0.2, 0) is 10.8 Å². The van der Waals surface area contributed by atoms with Gasteiger partial charge in [-0.25, -0.2) is 0 Å². The molecule has 0 amide bonds. The molecular formula is C45H32N2. The minimum Gasteiger partial charge on any atom is -0.309 e. The van der Waals surface area contributed by atoms with Crippen molar-refractivity contribution in [3.05, 3.63) is 191 Å². The van der Waals surface area contributed by atoms with Gasteiger partial charge in [0.05, 0.1) is 17.3 Å². The smallest absolute Gasteiger partial charge is 0.0726 e. The van der Waals surface area contributed by atoms with E-state index in [1.54, 1.807) is 0 Å². The first kappa shape index (κ1) is 26.5. The number of nitrogens with zero attached hydrogens (tertiary/aromatic N) is 2. The van der Waals surface area contributed by atoms with Gasteiger partial charge in [0.15, 0.2) is 0 Å². The largest absolute Gasteiger partial charge is 0.309 e. The molecule has 2 heteroatoms. The summed E-state index contributed by atoms with van der Waals surface area (Å²) in [4.78, 5) is 6.97. The van der Waals surface area contributed by atoms with Crippen LogP contribution in [0.15, 0.2) is 158 Å². The highest BCUT2D eigenvalue weighted by molar-refractivity contribution is 5.96. The lowest BCUT2D eigenvalue weighted by atomic mass is 9.70. The Balaban J connectivity index is 1.23. The van der Waals surface area contributed by atoms with Crippen molar-refractivity contribution in [2.75, 3.05) is 4.90 Å². The fourth-order valence-corrected chi connectivity index (χ4v) is 8.99. The minimum absolute atomic E-state index is 0.0938. The van der Waals surface area contributed by atoms with Crippen molar-refractivity contribution in [1.29, 1.82) is 0 Å². The summed E-state index contributed by atoms with van der Waals surface area (Å²) in [6, 6.07) is 54.1. The van der Waals surface area contributed by atoms with E-state index in [-0.39, 0.29) is 5.41 Å². The molecule has 0 saturated carbocycles. The fraction of sp³-hybridized carbons (Fsp3) is 0.0889. The average molecular weight is 601 g/mol. The van der Waals surface area contributed by atoms with Crippen LogP contribution in [0.5, 0.6) is 0 Å². The first-order valence-electron chi connectivity index (χ1n) is 16.5. The van der Waals surface area contributed by atoms with Crippen LogP contribution in [0.4, 0.5) is 17.1 Å². The lowest BCUT2D eigenvalue weighted by Crippen LogP contribution is -2.26. The minimum atomic E-state index is -0.392. The van der Waals surface area contributed by atoms with Gasteiger partial charge < -0.3 is 4.90 Å². The Morgan fingerprint density at radius 3 is 1.38 bits per heavy atom. The lowest BCUT2D eigenvalue weighted by Gasteiger charge is -2.32. The van der Waals surface area contributed by atoms with Gasteiger partial charge >= 0.3 is 0 Å². The number of rotatable bonds is 3. The number of aromatic nitrogens is 1. The van der Waals surface area contributed by atoms with E-state index >= 15 is 0 Å². The Kier molecular flexibility index (Phi) is 5.30. The maximum atomic E-state index is 4.58. The Bertz CT molecular complexity index is 2340. The molecule has 0 unspecified atom stereocenters. The normalized spacial score (nSPS) is 14.9. The van der Waals surface area contributed by atoms with Gasteiger partial charge in [0.25, 0.3) is 0 Å². The summed E-state index contributed by atoms with van der Waals surface area (Å²) < 4.78 is 0. The Morgan fingerprint density at radius 2 is 0.851 bits per heavy atom. The maximum absolute atomic E-state index is 4.58. The molecule has 0 fully saturated rings. The Morgan fingerprint density at radius 1 is 0.404 bits per heavy atom. The van der Waals surface area contributed by atoms with Crippen LogP contribution < -0.4 is 4.90 Å². The third-order valence-corrected chi connectivity index (χ3v) is 11.0. The zero-order chi connectivity index (χ0) is 31.3. The van der Waals surface area contributed by atoms with Gasteiger partial charge in [0, 0.05) is 23.0 Å². The van der Waals surface area contributed by atoms with Crippen molar-refractivity contribution in [2.45, 2.75) is 24.7 Å². The molecule has 0 saturated heterocycles. The SMILES string of the molecule is CC1(C)c2ccccc2-c2ccc(N(c3cccnc3)c3ccc4c(c3)C3(c5ccccc5-c5ccccc53)c3ccccc3-4)cc21. The summed E-state index contributed by atoms with van der Waals surface area (Å²) >= 11 is 0. The maximum Gasteiger partial charge on any atom is 0.0726 e. The highest BCUT2D eigenvalue weighted by atomic mass is 15.1. The van der Waals surface area contributed by atoms with E-state index in [0.717, 1.165) is 17.1 Å². The molecule has 1 aromatic heterocycles. The van der Waals surface area contributed by atoms with Gasteiger partial charge in [-0.1, -0.05) is 123 Å². The van der Waals surface area contributed by atoms with Gasteiger partial charge in [-0.2, -0.15) is 0 Å². The third-order valence-electron chi connectivity index (χ3n) is 11.0. The van der Waals surface area contributed by atoms with Crippen molar-refractivity contribution in [3.63, 3.8) is 0 Å². The summed E-state index contributed by atoms with van der Waals surface area (Å²) in [5.74, 6) is 0. The molecule has 0 radical (unpaired) electrons. The molecule has 0 atom stereocenters. The predicted octanol–water partition coefficient (Wildman–Crippen LogP) is 11.2. The molecule has 2 nitrogen and oxygen atoms in total. The molecule has 0 bridgehead atoms. The number of benzene rings is 6. The van der Waals surface area contributed by atoms with Crippen LogP contribution in [0, 0.1) is 0 Å². The van der Waals surface area contributed by atoms with Crippen molar-refractivity contribution < 1.29 is 0 Å². The summed E-state index contributed by atoms with van der Waals surface area (Å²) in [6.07, 6.45) is 3.83. The van der Waals surface area contributed by atoms with Gasteiger partial charge in [0.1, 0.15) is 0 Å². The molecule has 10 rings (SSSR count). The second kappa shape index (κ2) is 9.40. The number of fused-ring (bicyclic) bond motifs is 13. The van der Waals surface area contributed by atoms with Crippen LogP contribution in [0.2, 0.25) is 0 Å².